The molecule has 4 atom stereocenters. The number of benzene rings is 4. The van der Waals surface area contributed by atoms with E-state index in [1.807, 2.05) is 48.5 Å². The minimum Gasteiger partial charge on any atom is -0.453 e. The first kappa shape index (κ1) is 44.3. The molecule has 14 nitrogen and oxygen atoms in total. The fourth-order valence-corrected chi connectivity index (χ4v) is 9.68. The normalized spacial score (nSPS) is 20.4. The Balaban J connectivity index is 0.856. The molecule has 0 aliphatic carbocycles. The molecule has 0 bridgehead atoms. The van der Waals surface area contributed by atoms with Crippen LogP contribution in [-0.4, -0.2) is 108 Å². The van der Waals surface area contributed by atoms with Crippen molar-refractivity contribution in [1.29, 1.82) is 0 Å². The molecule has 3 fully saturated rings. The van der Waals surface area contributed by atoms with Crippen LogP contribution >= 0.6 is 0 Å². The molecule has 0 radical (unpaired) electrons. The van der Waals surface area contributed by atoms with Crippen molar-refractivity contribution in [3.05, 3.63) is 120 Å². The lowest BCUT2D eigenvalue weighted by molar-refractivity contribution is -0.137. The lowest BCUT2D eigenvalue weighted by Crippen LogP contribution is -2.55. The first-order valence-electron chi connectivity index (χ1n) is 22.2. The minimum absolute atomic E-state index is 0.231. The van der Waals surface area contributed by atoms with E-state index < -0.39 is 55.1 Å². The molecule has 3 saturated heterocycles. The summed E-state index contributed by atoms with van der Waals surface area (Å²) in [5, 5.41) is 7.40. The van der Waals surface area contributed by atoms with Gasteiger partial charge in [-0.2, -0.15) is 0 Å². The van der Waals surface area contributed by atoms with Crippen LogP contribution in [0.3, 0.4) is 0 Å². The fraction of sp³-hybridized carbons (Fsp3) is 0.360. The third-order valence-corrected chi connectivity index (χ3v) is 13.2. The summed E-state index contributed by atoms with van der Waals surface area (Å²) in [6.07, 6.45) is 4.32. The molecule has 9 rings (SSSR count). The van der Waals surface area contributed by atoms with E-state index in [-0.39, 0.29) is 17.9 Å². The predicted octanol–water partition coefficient (Wildman–Crippen LogP) is 8.23. The van der Waals surface area contributed by atoms with Gasteiger partial charge in [0, 0.05) is 50.1 Å². The molecule has 4 aliphatic rings. The Morgan fingerprint density at radius 3 is 2.18 bits per heavy atom. The van der Waals surface area contributed by atoms with Gasteiger partial charge in [-0.05, 0) is 82.3 Å². The zero-order chi connectivity index (χ0) is 46.0. The van der Waals surface area contributed by atoms with Gasteiger partial charge in [0.25, 0.3) is 11.8 Å². The molecular weight excluding hydrogens is 849 g/mol. The molecule has 0 saturated carbocycles. The molecule has 66 heavy (non-hydrogen) atoms. The number of carbonyl (C=O) groups is 4. The van der Waals surface area contributed by atoms with Crippen LogP contribution in [0.4, 0.5) is 18.4 Å². The van der Waals surface area contributed by atoms with Crippen molar-refractivity contribution in [2.75, 3.05) is 40.5 Å². The number of likely N-dealkylation sites (tertiary alicyclic amines) is 2. The van der Waals surface area contributed by atoms with Gasteiger partial charge in [0.15, 0.2) is 0 Å². The van der Waals surface area contributed by atoms with Gasteiger partial charge < -0.3 is 39.6 Å². The van der Waals surface area contributed by atoms with Crippen molar-refractivity contribution in [2.45, 2.75) is 68.6 Å². The first-order valence-corrected chi connectivity index (χ1v) is 22.2. The Hall–Kier alpha value is -6.94. The number of hydrogen-bond acceptors (Lipinski definition) is 9. The number of fused-ring (bicyclic) bond motifs is 1. The van der Waals surface area contributed by atoms with E-state index >= 15 is 8.78 Å². The van der Waals surface area contributed by atoms with Gasteiger partial charge in [-0.15, -0.1) is 0 Å². The largest absolute Gasteiger partial charge is 0.453 e. The number of aromatic nitrogens is 2. The smallest absolute Gasteiger partial charge is 0.407 e. The monoisotopic (exact) mass is 899 g/mol. The van der Waals surface area contributed by atoms with Crippen LogP contribution in [0.5, 0.6) is 0 Å². The number of halogens is 2. The van der Waals surface area contributed by atoms with Crippen molar-refractivity contribution < 1.29 is 42.2 Å². The topological polar surface area (TPSA) is 168 Å². The molecular formula is C50H51F2N7O7. The van der Waals surface area contributed by atoms with Crippen LogP contribution in [0.25, 0.3) is 38.7 Å². The lowest BCUT2D eigenvalue weighted by atomic mass is 9.90. The number of nitrogens with one attached hydrogen (secondary N) is 3. The number of nitrogens with zero attached hydrogens (tertiary/aromatic N) is 4. The standard InChI is InChI=1S/C50H51F2N7O7/c1-64-48(62)56-43(32-7-4-3-5-8-32)46(60)58-20-6-9-41(58)45-54-28-40(55-45)37-17-16-35-23-34(14-15-36(35)24-37)30-10-12-31(13-11-30)38-25-39(53-27-38)42-26-50(51,52)29-59(42)47(61)44(57-49(63)65-2)33-18-21-66-22-19-33/h3-5,7-8,10-17,23-24,27-28,33,41-44H,6,9,18-22,25-26,29H2,1-2H3,(H,54,55)(H,56,62)(H,57,63)/t41-,42-,43+,44-/m0/s1. The fourth-order valence-electron chi connectivity index (χ4n) is 9.68. The van der Waals surface area contributed by atoms with Crippen molar-refractivity contribution in [2.24, 2.45) is 10.9 Å². The molecule has 16 heteroatoms. The zero-order valence-corrected chi connectivity index (χ0v) is 36.7. The summed E-state index contributed by atoms with van der Waals surface area (Å²) in [7, 11) is 2.47. The van der Waals surface area contributed by atoms with Gasteiger partial charge in [-0.3, -0.25) is 14.6 Å². The maximum atomic E-state index is 15.1. The maximum absolute atomic E-state index is 15.1. The van der Waals surface area contributed by atoms with Crippen LogP contribution in [0.2, 0.25) is 0 Å². The molecule has 4 aromatic carbocycles. The van der Waals surface area contributed by atoms with Crippen molar-refractivity contribution in [1.82, 2.24) is 30.4 Å². The van der Waals surface area contributed by atoms with E-state index in [0.29, 0.717) is 56.1 Å². The second kappa shape index (κ2) is 18.9. The molecule has 342 valence electrons. The molecule has 3 N–H and O–H groups in total. The van der Waals surface area contributed by atoms with Crippen LogP contribution in [0, 0.1) is 5.92 Å². The highest BCUT2D eigenvalue weighted by molar-refractivity contribution is 6.04. The van der Waals surface area contributed by atoms with Gasteiger partial charge in [-0.1, -0.05) is 78.9 Å². The second-order valence-corrected chi connectivity index (χ2v) is 17.3. The third kappa shape index (κ3) is 9.27. The number of rotatable bonds is 11. The molecule has 5 aromatic rings. The van der Waals surface area contributed by atoms with Crippen LogP contribution in [0.1, 0.15) is 67.6 Å². The zero-order valence-electron chi connectivity index (χ0n) is 36.7. The third-order valence-electron chi connectivity index (χ3n) is 13.2. The number of hydrogen-bond donors (Lipinski definition) is 3. The number of ether oxygens (including phenoxy) is 3. The summed E-state index contributed by atoms with van der Waals surface area (Å²) in [5.41, 5.74) is 6.70. The van der Waals surface area contributed by atoms with Gasteiger partial charge in [0.1, 0.15) is 17.9 Å². The van der Waals surface area contributed by atoms with Crippen molar-refractivity contribution >= 4 is 46.1 Å². The van der Waals surface area contributed by atoms with Crippen LogP contribution < -0.4 is 10.6 Å². The second-order valence-electron chi connectivity index (χ2n) is 17.3. The quantitative estimate of drug-likeness (QED) is 0.119. The number of aromatic amines is 1. The summed E-state index contributed by atoms with van der Waals surface area (Å²) in [6, 6.07) is 26.5. The van der Waals surface area contributed by atoms with E-state index in [2.05, 4.69) is 50.9 Å². The van der Waals surface area contributed by atoms with E-state index in [4.69, 9.17) is 19.2 Å². The Morgan fingerprint density at radius 2 is 1.45 bits per heavy atom. The summed E-state index contributed by atoms with van der Waals surface area (Å²) in [4.78, 5) is 68.2. The number of allylic oxidation sites excluding steroid dienone is 1. The van der Waals surface area contributed by atoms with Gasteiger partial charge in [0.05, 0.1) is 44.7 Å². The average Bonchev–Trinajstić information content (AvgIpc) is 4.19. The number of methoxy groups -OCH3 is 2. The van der Waals surface area contributed by atoms with Crippen molar-refractivity contribution in [3.63, 3.8) is 0 Å². The average molecular weight is 900 g/mol. The van der Waals surface area contributed by atoms with Gasteiger partial charge >= 0.3 is 12.2 Å². The maximum Gasteiger partial charge on any atom is 0.407 e. The van der Waals surface area contributed by atoms with E-state index in [1.165, 1.54) is 19.1 Å². The van der Waals surface area contributed by atoms with E-state index in [1.54, 1.807) is 29.4 Å². The predicted molar refractivity (Wildman–Crippen MR) is 243 cm³/mol. The number of imidazole rings is 1. The summed E-state index contributed by atoms with van der Waals surface area (Å²) in [6.45, 7) is 0.608. The molecule has 0 spiro atoms. The lowest BCUT2D eigenvalue weighted by Gasteiger charge is -2.34. The first-order chi connectivity index (χ1) is 32.0. The number of alkyl halides is 2. The number of alkyl carbamates (subject to hydrolysis) is 2. The van der Waals surface area contributed by atoms with Crippen LogP contribution in [-0.2, 0) is 23.8 Å². The van der Waals surface area contributed by atoms with E-state index in [0.717, 1.165) is 57.1 Å². The molecule has 4 amide bonds. The Labute approximate surface area is 380 Å². The van der Waals surface area contributed by atoms with Crippen molar-refractivity contribution in [3.8, 4) is 22.4 Å². The number of carbonyl (C=O) groups excluding carboxylic acids is 4. The number of H-pyrrole nitrogens is 1. The Morgan fingerprint density at radius 1 is 0.788 bits per heavy atom. The molecule has 5 heterocycles. The summed E-state index contributed by atoms with van der Waals surface area (Å²) < 4.78 is 45.2. The molecule has 0 unspecified atom stereocenters. The highest BCUT2D eigenvalue weighted by atomic mass is 19.3. The SMILES string of the molecule is COC(=O)N[C@H](C(=O)N1CC(F)(F)C[C@H]1C1=NC=C(c2ccc(-c3ccc4cc(-c5cnc([C@@H]6CCCN6C(=O)[C@H](NC(=O)OC)c6ccccc6)[nH]5)ccc4c3)cc2)C1)C1CCOCC1. The molecule has 4 aliphatic heterocycles. The number of aliphatic imine (C=N–C) groups is 1. The number of amides is 4. The Bertz CT molecular complexity index is 2680. The highest BCUT2D eigenvalue weighted by Gasteiger charge is 2.51. The van der Waals surface area contributed by atoms with Gasteiger partial charge in [0.2, 0.25) is 5.91 Å². The summed E-state index contributed by atoms with van der Waals surface area (Å²) in [5.74, 6) is -3.50. The highest BCUT2D eigenvalue weighted by Crippen LogP contribution is 2.39. The summed E-state index contributed by atoms with van der Waals surface area (Å²) >= 11 is 0. The Kier molecular flexibility index (Phi) is 12.7. The van der Waals surface area contributed by atoms with Crippen LogP contribution in [0.15, 0.2) is 108 Å². The molecule has 1 aromatic heterocycles. The van der Waals surface area contributed by atoms with E-state index in [9.17, 15) is 19.2 Å². The minimum atomic E-state index is -3.11. The van der Waals surface area contributed by atoms with Gasteiger partial charge in [-0.25, -0.2) is 23.4 Å².